The molecule has 3 heterocycles. The van der Waals surface area contributed by atoms with Crippen LogP contribution in [0.2, 0.25) is 0 Å². The number of ether oxygens (including phenoxy) is 1. The molecule has 1 aromatic carbocycles. The first-order valence-corrected chi connectivity index (χ1v) is 12.2. The maximum Gasteiger partial charge on any atom is 0.406 e. The molecular weight excluding hydrogens is 495 g/mol. The smallest absolute Gasteiger partial charge is 0.381 e. The Morgan fingerprint density at radius 3 is 2.61 bits per heavy atom. The van der Waals surface area contributed by atoms with Crippen LogP contribution >= 0.6 is 0 Å². The van der Waals surface area contributed by atoms with Crippen molar-refractivity contribution >= 4 is 22.5 Å². The number of rotatable bonds is 6. The minimum Gasteiger partial charge on any atom is -0.381 e. The lowest BCUT2D eigenvalue weighted by Gasteiger charge is -2.23. The number of carbonyl (C=O) groups excluding carboxylic acids is 1. The van der Waals surface area contributed by atoms with E-state index in [0.717, 1.165) is 23.0 Å². The summed E-state index contributed by atoms with van der Waals surface area (Å²) in [5.74, 6) is 4.29. The first-order valence-electron chi connectivity index (χ1n) is 12.2. The number of carbonyl (C=O) groups is 1. The second-order valence-electron chi connectivity index (χ2n) is 9.76. The Morgan fingerprint density at radius 2 is 1.95 bits per heavy atom. The van der Waals surface area contributed by atoms with Crippen molar-refractivity contribution in [2.45, 2.75) is 57.4 Å². The van der Waals surface area contributed by atoms with Crippen LogP contribution in [-0.4, -0.2) is 40.9 Å². The highest BCUT2D eigenvalue weighted by molar-refractivity contribution is 6.04. The van der Waals surface area contributed by atoms with Gasteiger partial charge in [-0.1, -0.05) is 6.07 Å². The van der Waals surface area contributed by atoms with Gasteiger partial charge in [0.05, 0.1) is 34.8 Å². The van der Waals surface area contributed by atoms with Gasteiger partial charge in [0.2, 0.25) is 0 Å². The number of alkyl halides is 3. The Morgan fingerprint density at radius 1 is 1.18 bits per heavy atom. The lowest BCUT2D eigenvalue weighted by Crippen LogP contribution is -2.34. The quantitative estimate of drug-likeness (QED) is 0.459. The van der Waals surface area contributed by atoms with Crippen LogP contribution in [0.3, 0.4) is 0 Å². The normalized spacial score (nSPS) is 14.5. The van der Waals surface area contributed by atoms with E-state index in [-0.39, 0.29) is 5.69 Å². The minimum atomic E-state index is -4.46. The summed E-state index contributed by atoms with van der Waals surface area (Å²) >= 11 is 0. The molecule has 0 aliphatic carbocycles. The van der Waals surface area contributed by atoms with E-state index < -0.39 is 24.0 Å². The fourth-order valence-electron chi connectivity index (χ4n) is 4.23. The van der Waals surface area contributed by atoms with Crippen LogP contribution in [0.4, 0.5) is 18.9 Å². The summed E-state index contributed by atoms with van der Waals surface area (Å²) in [5, 5.41) is 15.9. The van der Waals surface area contributed by atoms with Crippen molar-refractivity contribution in [2.75, 3.05) is 18.5 Å². The van der Waals surface area contributed by atoms with Gasteiger partial charge in [-0.2, -0.15) is 18.4 Å². The fraction of sp³-hybridized carbons (Fsp3) is 0.393. The van der Waals surface area contributed by atoms with Crippen molar-refractivity contribution < 1.29 is 22.7 Å². The van der Waals surface area contributed by atoms with Gasteiger partial charge >= 0.3 is 12.1 Å². The molecule has 1 aliphatic rings. The molecule has 0 bridgehead atoms. The molecule has 0 radical (unpaired) electrons. The topological polar surface area (TPSA) is 92.0 Å². The highest BCUT2D eigenvalue weighted by Gasteiger charge is 2.29. The molecular formula is C28H28F3N5O2. The monoisotopic (exact) mass is 523 g/mol. The minimum absolute atomic E-state index is 0.0891. The number of aromatic nitrogens is 2. The number of anilines is 1. The van der Waals surface area contributed by atoms with Crippen LogP contribution in [-0.2, 0) is 28.0 Å². The van der Waals surface area contributed by atoms with Crippen LogP contribution in [0.1, 0.15) is 43.6 Å². The van der Waals surface area contributed by atoms with Crippen molar-refractivity contribution in [2.24, 2.45) is 0 Å². The van der Waals surface area contributed by atoms with E-state index in [4.69, 9.17) is 4.74 Å². The number of amides is 1. The summed E-state index contributed by atoms with van der Waals surface area (Å²) in [6.45, 7) is 4.26. The molecule has 1 fully saturated rings. The number of hydrogen-bond donors (Lipinski definition) is 2. The van der Waals surface area contributed by atoms with Gasteiger partial charge in [0.25, 0.3) is 0 Å². The van der Waals surface area contributed by atoms with E-state index in [9.17, 15) is 23.2 Å². The zero-order valence-electron chi connectivity index (χ0n) is 21.2. The number of nitriles is 1. The number of nitrogens with one attached hydrogen (secondary N) is 2. The highest BCUT2D eigenvalue weighted by atomic mass is 19.4. The average molecular weight is 524 g/mol. The molecule has 1 amide bonds. The molecule has 2 N–H and O–H groups in total. The zero-order chi connectivity index (χ0) is 27.3. The van der Waals surface area contributed by atoms with Gasteiger partial charge < -0.3 is 19.9 Å². The van der Waals surface area contributed by atoms with Gasteiger partial charge in [0.1, 0.15) is 6.54 Å². The molecule has 1 saturated heterocycles. The summed E-state index contributed by atoms with van der Waals surface area (Å²) in [6, 6.07) is 12.6. The van der Waals surface area contributed by atoms with Crippen LogP contribution in [0, 0.1) is 23.2 Å². The van der Waals surface area contributed by atoms with Crippen LogP contribution in [0.25, 0.3) is 10.9 Å². The lowest BCUT2D eigenvalue weighted by atomic mass is 9.91. The van der Waals surface area contributed by atoms with Gasteiger partial charge in [-0.05, 0) is 68.5 Å². The lowest BCUT2D eigenvalue weighted by molar-refractivity contribution is -0.140. The molecule has 1 aliphatic heterocycles. The maximum atomic E-state index is 13.4. The van der Waals surface area contributed by atoms with Gasteiger partial charge in [0, 0.05) is 42.6 Å². The number of fused-ring (bicyclic) bond motifs is 1. The van der Waals surface area contributed by atoms with Crippen molar-refractivity contribution in [3.63, 3.8) is 0 Å². The predicted molar refractivity (Wildman–Crippen MR) is 137 cm³/mol. The first kappa shape index (κ1) is 27.2. The average Bonchev–Trinajstić information content (AvgIpc) is 3.22. The molecule has 10 heteroatoms. The number of pyridine rings is 1. The Labute approximate surface area is 219 Å². The first-order chi connectivity index (χ1) is 18.0. The number of benzene rings is 1. The van der Waals surface area contributed by atoms with Gasteiger partial charge in [-0.3, -0.25) is 9.78 Å². The summed E-state index contributed by atoms with van der Waals surface area (Å²) in [5.41, 5.74) is 1.55. The van der Waals surface area contributed by atoms with Crippen molar-refractivity contribution in [1.29, 1.82) is 5.26 Å². The van der Waals surface area contributed by atoms with Gasteiger partial charge in [-0.25, -0.2) is 0 Å². The third-order valence-electron chi connectivity index (χ3n) is 6.36. The second-order valence-corrected chi connectivity index (χ2v) is 9.76. The van der Waals surface area contributed by atoms with E-state index in [0.29, 0.717) is 48.1 Å². The molecule has 0 spiro atoms. The van der Waals surface area contributed by atoms with Gasteiger partial charge in [0.15, 0.2) is 0 Å². The van der Waals surface area contributed by atoms with Crippen LogP contribution in [0.5, 0.6) is 0 Å². The third kappa shape index (κ3) is 6.91. The molecule has 38 heavy (non-hydrogen) atoms. The number of halogens is 3. The molecule has 198 valence electrons. The zero-order valence-corrected chi connectivity index (χ0v) is 21.2. The number of hydrogen-bond acceptors (Lipinski definition) is 5. The SMILES string of the molecule is CC(C)(C#N)c1ccc(NC(=O)C#Cc2cc3cc(CNC4CCOCC4)ccc3n2CC(F)(F)F)cn1. The largest absolute Gasteiger partial charge is 0.406 e. The van der Waals surface area contributed by atoms with E-state index in [1.807, 2.05) is 6.07 Å². The molecule has 0 saturated carbocycles. The molecule has 3 aromatic rings. The summed E-state index contributed by atoms with van der Waals surface area (Å²) < 4.78 is 46.5. The van der Waals surface area contributed by atoms with Crippen molar-refractivity contribution in [3.8, 4) is 17.9 Å². The predicted octanol–water partition coefficient (Wildman–Crippen LogP) is 4.66. The van der Waals surface area contributed by atoms with Gasteiger partial charge in [-0.15, -0.1) is 0 Å². The van der Waals surface area contributed by atoms with Crippen LogP contribution in [0.15, 0.2) is 42.6 Å². The Hall–Kier alpha value is -3.86. The van der Waals surface area contributed by atoms with E-state index in [1.165, 1.54) is 6.20 Å². The van der Waals surface area contributed by atoms with Crippen LogP contribution < -0.4 is 10.6 Å². The highest BCUT2D eigenvalue weighted by Crippen LogP contribution is 2.27. The summed E-state index contributed by atoms with van der Waals surface area (Å²) in [7, 11) is 0. The Balaban J connectivity index is 1.53. The maximum absolute atomic E-state index is 13.4. The Kier molecular flexibility index (Phi) is 8.05. The summed E-state index contributed by atoms with van der Waals surface area (Å²) in [6.07, 6.45) is -1.21. The number of nitrogens with zero attached hydrogens (tertiary/aromatic N) is 3. The Bertz CT molecular complexity index is 1400. The van der Waals surface area contributed by atoms with Crippen molar-refractivity contribution in [1.82, 2.24) is 14.9 Å². The van der Waals surface area contributed by atoms with Crippen molar-refractivity contribution in [3.05, 3.63) is 59.5 Å². The molecule has 7 nitrogen and oxygen atoms in total. The third-order valence-corrected chi connectivity index (χ3v) is 6.36. The fourth-order valence-corrected chi connectivity index (χ4v) is 4.23. The molecule has 4 rings (SSSR count). The molecule has 0 atom stereocenters. The van der Waals surface area contributed by atoms with E-state index in [2.05, 4.69) is 33.5 Å². The molecule has 2 aromatic heterocycles. The standard InChI is InChI=1S/C28H28F3N5O2/c1-27(2,17-32)25-7-4-22(16-34-25)35-26(37)8-5-23-14-20-13-19(15-33-21-9-11-38-12-10-21)3-6-24(20)36(23)18-28(29,30)31/h3-4,6-7,13-14,16,21,33H,9-12,15,18H2,1-2H3,(H,35,37). The van der Waals surface area contributed by atoms with E-state index >= 15 is 0 Å². The molecule has 0 unspecified atom stereocenters. The van der Waals surface area contributed by atoms with E-state index in [1.54, 1.807) is 44.2 Å². The second kappa shape index (κ2) is 11.3. The summed E-state index contributed by atoms with van der Waals surface area (Å²) in [4.78, 5) is 16.6.